The van der Waals surface area contributed by atoms with Crippen LogP contribution < -0.4 is 0 Å². The first-order valence-electron chi connectivity index (χ1n) is 5.61. The molecule has 0 spiro atoms. The maximum atomic E-state index is 12.7. The van der Waals surface area contributed by atoms with Crippen LogP contribution in [0.5, 0.6) is 0 Å². The molecular formula is C13H17FO. The monoisotopic (exact) mass is 208 g/mol. The molecule has 1 nitrogen and oxygen atoms in total. The molecule has 0 bridgehead atoms. The van der Waals surface area contributed by atoms with Crippen molar-refractivity contribution in [1.82, 2.24) is 0 Å². The molecule has 1 aliphatic heterocycles. The van der Waals surface area contributed by atoms with Gasteiger partial charge in [0.25, 0.3) is 0 Å². The zero-order chi connectivity index (χ0) is 10.8. The first-order valence-corrected chi connectivity index (χ1v) is 5.61. The Labute approximate surface area is 90.3 Å². The zero-order valence-corrected chi connectivity index (χ0v) is 9.24. The largest absolute Gasteiger partial charge is 0.370 e. The summed E-state index contributed by atoms with van der Waals surface area (Å²) in [7, 11) is 0. The molecule has 0 N–H and O–H groups in total. The van der Waals surface area contributed by atoms with Gasteiger partial charge in [-0.15, -0.1) is 0 Å². The molecule has 0 amide bonds. The van der Waals surface area contributed by atoms with E-state index in [1.54, 1.807) is 0 Å². The van der Waals surface area contributed by atoms with Crippen LogP contribution in [-0.4, -0.2) is 12.2 Å². The summed E-state index contributed by atoms with van der Waals surface area (Å²) < 4.78 is 18.2. The molecule has 1 aromatic rings. The van der Waals surface area contributed by atoms with Crippen LogP contribution >= 0.6 is 0 Å². The standard InChI is InChI=1S/C13H17FO/c1-3-12-13(15-12)8-9(2)10-4-6-11(14)7-5-10/h4-7,9,12-13H,3,8H2,1-2H3. The molecule has 1 aliphatic rings. The molecule has 82 valence electrons. The van der Waals surface area contributed by atoms with Gasteiger partial charge in [0.15, 0.2) is 0 Å². The minimum absolute atomic E-state index is 0.167. The number of hydrogen-bond acceptors (Lipinski definition) is 1. The van der Waals surface area contributed by atoms with Crippen molar-refractivity contribution in [2.75, 3.05) is 0 Å². The smallest absolute Gasteiger partial charge is 0.123 e. The van der Waals surface area contributed by atoms with Gasteiger partial charge in [0.1, 0.15) is 5.82 Å². The van der Waals surface area contributed by atoms with Crippen molar-refractivity contribution in [3.63, 3.8) is 0 Å². The number of ether oxygens (including phenoxy) is 1. The Morgan fingerprint density at radius 1 is 1.27 bits per heavy atom. The van der Waals surface area contributed by atoms with Gasteiger partial charge in [-0.3, -0.25) is 0 Å². The van der Waals surface area contributed by atoms with Gasteiger partial charge in [0, 0.05) is 0 Å². The van der Waals surface area contributed by atoms with E-state index in [1.165, 1.54) is 17.7 Å². The Morgan fingerprint density at radius 3 is 2.47 bits per heavy atom. The van der Waals surface area contributed by atoms with E-state index in [-0.39, 0.29) is 5.82 Å². The van der Waals surface area contributed by atoms with Crippen LogP contribution in [0.1, 0.15) is 38.2 Å². The van der Waals surface area contributed by atoms with E-state index >= 15 is 0 Å². The molecule has 1 saturated heterocycles. The normalized spacial score (nSPS) is 26.3. The Balaban J connectivity index is 1.91. The molecule has 1 fully saturated rings. The molecule has 15 heavy (non-hydrogen) atoms. The van der Waals surface area contributed by atoms with E-state index in [0.717, 1.165) is 12.8 Å². The quantitative estimate of drug-likeness (QED) is 0.690. The molecule has 1 heterocycles. The van der Waals surface area contributed by atoms with Crippen molar-refractivity contribution >= 4 is 0 Å². The highest BCUT2D eigenvalue weighted by Crippen LogP contribution is 2.34. The maximum Gasteiger partial charge on any atom is 0.123 e. The van der Waals surface area contributed by atoms with Crippen molar-refractivity contribution in [2.45, 2.75) is 44.8 Å². The maximum absolute atomic E-state index is 12.7. The van der Waals surface area contributed by atoms with Crippen molar-refractivity contribution in [1.29, 1.82) is 0 Å². The lowest BCUT2D eigenvalue weighted by atomic mass is 9.95. The van der Waals surface area contributed by atoms with Gasteiger partial charge in [0.05, 0.1) is 12.2 Å². The average Bonchev–Trinajstić information content (AvgIpc) is 2.97. The van der Waals surface area contributed by atoms with Gasteiger partial charge < -0.3 is 4.74 Å². The van der Waals surface area contributed by atoms with E-state index in [1.807, 2.05) is 12.1 Å². The van der Waals surface area contributed by atoms with Gasteiger partial charge in [-0.05, 0) is 36.5 Å². The van der Waals surface area contributed by atoms with Crippen LogP contribution in [0.25, 0.3) is 0 Å². The van der Waals surface area contributed by atoms with Crippen LogP contribution in [0.4, 0.5) is 4.39 Å². The first-order chi connectivity index (χ1) is 7.20. The third-order valence-corrected chi connectivity index (χ3v) is 3.11. The van der Waals surface area contributed by atoms with E-state index in [2.05, 4.69) is 13.8 Å². The summed E-state index contributed by atoms with van der Waals surface area (Å²) in [6.45, 7) is 4.31. The Morgan fingerprint density at radius 2 is 1.93 bits per heavy atom. The van der Waals surface area contributed by atoms with Gasteiger partial charge in [-0.2, -0.15) is 0 Å². The number of rotatable bonds is 4. The first kappa shape index (κ1) is 10.6. The molecule has 0 saturated carbocycles. The van der Waals surface area contributed by atoms with Crippen molar-refractivity contribution < 1.29 is 9.13 Å². The highest BCUT2D eigenvalue weighted by Gasteiger charge is 2.37. The average molecular weight is 208 g/mol. The molecule has 0 aromatic heterocycles. The van der Waals surface area contributed by atoms with Crippen molar-refractivity contribution in [3.05, 3.63) is 35.6 Å². The van der Waals surface area contributed by atoms with Crippen LogP contribution in [0.3, 0.4) is 0 Å². The topological polar surface area (TPSA) is 12.5 Å². The van der Waals surface area contributed by atoms with Crippen LogP contribution in [0, 0.1) is 5.82 Å². The van der Waals surface area contributed by atoms with Crippen LogP contribution in [-0.2, 0) is 4.74 Å². The van der Waals surface area contributed by atoms with Crippen molar-refractivity contribution in [2.24, 2.45) is 0 Å². The van der Waals surface area contributed by atoms with E-state index in [0.29, 0.717) is 18.1 Å². The fourth-order valence-electron chi connectivity index (χ4n) is 2.02. The molecular weight excluding hydrogens is 191 g/mol. The Bertz CT molecular complexity index is 320. The lowest BCUT2D eigenvalue weighted by molar-refractivity contribution is 0.353. The summed E-state index contributed by atoms with van der Waals surface area (Å²) in [5, 5.41) is 0. The zero-order valence-electron chi connectivity index (χ0n) is 9.24. The summed E-state index contributed by atoms with van der Waals surface area (Å²) in [6, 6.07) is 6.78. The van der Waals surface area contributed by atoms with E-state index in [9.17, 15) is 4.39 Å². The lowest BCUT2D eigenvalue weighted by Crippen LogP contribution is -2.01. The van der Waals surface area contributed by atoms with Crippen LogP contribution in [0.2, 0.25) is 0 Å². The Hall–Kier alpha value is -0.890. The second-order valence-electron chi connectivity index (χ2n) is 4.31. The second kappa shape index (κ2) is 4.31. The van der Waals surface area contributed by atoms with Gasteiger partial charge in [0.2, 0.25) is 0 Å². The molecule has 2 heteroatoms. The lowest BCUT2D eigenvalue weighted by Gasteiger charge is -2.09. The molecule has 3 unspecified atom stereocenters. The summed E-state index contributed by atoms with van der Waals surface area (Å²) in [4.78, 5) is 0. The fraction of sp³-hybridized carbons (Fsp3) is 0.538. The molecule has 3 atom stereocenters. The number of halogens is 1. The molecule has 2 rings (SSSR count). The minimum atomic E-state index is -0.167. The minimum Gasteiger partial charge on any atom is -0.370 e. The molecule has 1 aromatic carbocycles. The highest BCUT2D eigenvalue weighted by atomic mass is 19.1. The number of hydrogen-bond donors (Lipinski definition) is 0. The third-order valence-electron chi connectivity index (χ3n) is 3.11. The van der Waals surface area contributed by atoms with Crippen molar-refractivity contribution in [3.8, 4) is 0 Å². The number of benzene rings is 1. The second-order valence-corrected chi connectivity index (χ2v) is 4.31. The van der Waals surface area contributed by atoms with Gasteiger partial charge in [-0.25, -0.2) is 4.39 Å². The van der Waals surface area contributed by atoms with Gasteiger partial charge in [-0.1, -0.05) is 26.0 Å². The summed E-state index contributed by atoms with van der Waals surface area (Å²) in [5.74, 6) is 0.284. The third kappa shape index (κ3) is 2.57. The fourth-order valence-corrected chi connectivity index (χ4v) is 2.02. The predicted octanol–water partition coefficient (Wildman–Crippen LogP) is 3.50. The van der Waals surface area contributed by atoms with Gasteiger partial charge >= 0.3 is 0 Å². The van der Waals surface area contributed by atoms with Crippen LogP contribution in [0.15, 0.2) is 24.3 Å². The van der Waals surface area contributed by atoms with E-state index in [4.69, 9.17) is 4.74 Å². The Kier molecular flexibility index (Phi) is 3.06. The SMILES string of the molecule is CCC1OC1CC(C)c1ccc(F)cc1. The summed E-state index contributed by atoms with van der Waals surface area (Å²) >= 11 is 0. The highest BCUT2D eigenvalue weighted by molar-refractivity contribution is 5.20. The number of epoxide rings is 1. The molecule has 0 radical (unpaired) electrons. The van der Waals surface area contributed by atoms with E-state index < -0.39 is 0 Å². The predicted molar refractivity (Wildman–Crippen MR) is 58.4 cm³/mol. The summed E-state index contributed by atoms with van der Waals surface area (Å²) in [5.41, 5.74) is 1.20. The molecule has 0 aliphatic carbocycles. The summed E-state index contributed by atoms with van der Waals surface area (Å²) in [6.07, 6.45) is 3.04.